The van der Waals surface area contributed by atoms with Crippen molar-refractivity contribution in [2.45, 2.75) is 57.7 Å². The molecule has 2 amide bonds. The molecule has 0 radical (unpaired) electrons. The van der Waals surface area contributed by atoms with Gasteiger partial charge < -0.3 is 21.1 Å². The van der Waals surface area contributed by atoms with E-state index >= 15 is 0 Å². The van der Waals surface area contributed by atoms with Crippen molar-refractivity contribution in [3.8, 4) is 0 Å². The minimum Gasteiger partial charge on any atom is -0.480 e. The van der Waals surface area contributed by atoms with Gasteiger partial charge in [-0.05, 0) is 30.7 Å². The van der Waals surface area contributed by atoms with Gasteiger partial charge in [0.2, 0.25) is 11.8 Å². The van der Waals surface area contributed by atoms with E-state index in [1.807, 2.05) is 44.2 Å². The number of benzene rings is 1. The Bertz CT molecular complexity index is 662. The normalized spacial score (nSPS) is 19.0. The molecule has 148 valence electrons. The lowest BCUT2D eigenvalue weighted by Gasteiger charge is -2.28. The van der Waals surface area contributed by atoms with Crippen molar-refractivity contribution >= 4 is 17.8 Å². The second kappa shape index (κ2) is 9.50. The average Bonchev–Trinajstić information content (AvgIpc) is 3.10. The highest BCUT2D eigenvalue weighted by atomic mass is 16.4. The predicted octanol–water partition coefficient (Wildman–Crippen LogP) is 1.16. The number of aliphatic carboxylic acids is 1. The van der Waals surface area contributed by atoms with Crippen molar-refractivity contribution in [2.24, 2.45) is 11.7 Å². The van der Waals surface area contributed by atoms with E-state index in [1.54, 1.807) is 0 Å². The first-order valence-electron chi connectivity index (χ1n) is 9.42. The quantitative estimate of drug-likeness (QED) is 0.631. The van der Waals surface area contributed by atoms with Crippen LogP contribution in [0.4, 0.5) is 0 Å². The smallest absolute Gasteiger partial charge is 0.326 e. The lowest BCUT2D eigenvalue weighted by Crippen LogP contribution is -2.55. The molecule has 1 heterocycles. The van der Waals surface area contributed by atoms with Gasteiger partial charge in [-0.15, -0.1) is 0 Å². The Kier molecular flexibility index (Phi) is 7.36. The molecule has 0 aliphatic carbocycles. The minimum absolute atomic E-state index is 0.254. The molecule has 4 N–H and O–H groups in total. The maximum atomic E-state index is 13.1. The topological polar surface area (TPSA) is 113 Å². The van der Waals surface area contributed by atoms with E-state index in [9.17, 15) is 19.5 Å². The van der Waals surface area contributed by atoms with Crippen LogP contribution in [-0.2, 0) is 20.8 Å². The molecule has 1 fully saturated rings. The van der Waals surface area contributed by atoms with Crippen molar-refractivity contribution in [1.29, 1.82) is 0 Å². The standard InChI is InChI=1S/C20H29N3O4/c1-13(2)11-15(21)18(24)22-16(12-14-7-4-3-5-8-14)19(25)23-10-6-9-17(23)20(26)27/h3-5,7-8,13,15-17H,6,9-12,21H2,1-2H3,(H,22,24)(H,26,27)/t15-,16-,17+/m0/s1. The monoisotopic (exact) mass is 375 g/mol. The van der Waals surface area contributed by atoms with Gasteiger partial charge in [-0.1, -0.05) is 44.2 Å². The average molecular weight is 375 g/mol. The molecule has 0 saturated carbocycles. The summed E-state index contributed by atoms with van der Waals surface area (Å²) in [6.45, 7) is 4.33. The SMILES string of the molecule is CC(C)C[C@H](N)C(=O)N[C@@H](Cc1ccccc1)C(=O)N1CCC[C@@H]1C(=O)O. The van der Waals surface area contributed by atoms with Gasteiger partial charge in [0.15, 0.2) is 0 Å². The van der Waals surface area contributed by atoms with Crippen LogP contribution >= 0.6 is 0 Å². The number of nitrogens with zero attached hydrogens (tertiary/aromatic N) is 1. The van der Waals surface area contributed by atoms with Gasteiger partial charge in [0.05, 0.1) is 6.04 Å². The van der Waals surface area contributed by atoms with Gasteiger partial charge in [-0.25, -0.2) is 4.79 Å². The third-order valence-corrected chi connectivity index (χ3v) is 4.78. The van der Waals surface area contributed by atoms with Crippen LogP contribution < -0.4 is 11.1 Å². The largest absolute Gasteiger partial charge is 0.480 e. The molecule has 1 aliphatic rings. The van der Waals surface area contributed by atoms with Gasteiger partial charge in [0.25, 0.3) is 0 Å². The maximum absolute atomic E-state index is 13.1. The summed E-state index contributed by atoms with van der Waals surface area (Å²) in [7, 11) is 0. The fourth-order valence-electron chi connectivity index (χ4n) is 3.43. The molecule has 27 heavy (non-hydrogen) atoms. The highest BCUT2D eigenvalue weighted by Crippen LogP contribution is 2.20. The molecule has 0 bridgehead atoms. The molecule has 0 unspecified atom stereocenters. The maximum Gasteiger partial charge on any atom is 0.326 e. The van der Waals surface area contributed by atoms with E-state index in [2.05, 4.69) is 5.32 Å². The number of likely N-dealkylation sites (tertiary alicyclic amines) is 1. The Balaban J connectivity index is 2.17. The molecule has 1 aromatic rings. The molecule has 3 atom stereocenters. The van der Waals surface area contributed by atoms with E-state index in [0.29, 0.717) is 32.2 Å². The Hall–Kier alpha value is -2.41. The van der Waals surface area contributed by atoms with Gasteiger partial charge in [0, 0.05) is 13.0 Å². The molecule has 1 saturated heterocycles. The second-order valence-electron chi connectivity index (χ2n) is 7.51. The van der Waals surface area contributed by atoms with Crippen LogP contribution in [0.1, 0.15) is 38.7 Å². The Morgan fingerprint density at radius 3 is 2.52 bits per heavy atom. The Morgan fingerprint density at radius 2 is 1.93 bits per heavy atom. The number of carbonyl (C=O) groups is 3. The van der Waals surface area contributed by atoms with Crippen LogP contribution in [0.25, 0.3) is 0 Å². The third-order valence-electron chi connectivity index (χ3n) is 4.78. The summed E-state index contributed by atoms with van der Waals surface area (Å²) in [5.74, 6) is -1.51. The number of carbonyl (C=O) groups excluding carboxylic acids is 2. The van der Waals surface area contributed by atoms with Crippen molar-refractivity contribution in [2.75, 3.05) is 6.54 Å². The minimum atomic E-state index is -1.01. The highest BCUT2D eigenvalue weighted by molar-refractivity contribution is 5.92. The Labute approximate surface area is 159 Å². The summed E-state index contributed by atoms with van der Waals surface area (Å²) >= 11 is 0. The summed E-state index contributed by atoms with van der Waals surface area (Å²) in [6, 6.07) is 6.97. The van der Waals surface area contributed by atoms with Gasteiger partial charge >= 0.3 is 5.97 Å². The number of hydrogen-bond donors (Lipinski definition) is 3. The summed E-state index contributed by atoms with van der Waals surface area (Å²) in [5.41, 5.74) is 6.85. The van der Waals surface area contributed by atoms with E-state index in [1.165, 1.54) is 4.90 Å². The third kappa shape index (κ3) is 5.79. The first kappa shape index (κ1) is 20.9. The van der Waals surface area contributed by atoms with Crippen molar-refractivity contribution in [1.82, 2.24) is 10.2 Å². The molecule has 0 spiro atoms. The van der Waals surface area contributed by atoms with Gasteiger partial charge in [0.1, 0.15) is 12.1 Å². The molecule has 7 heteroatoms. The molecule has 7 nitrogen and oxygen atoms in total. The fourth-order valence-corrected chi connectivity index (χ4v) is 3.43. The fraction of sp³-hybridized carbons (Fsp3) is 0.550. The van der Waals surface area contributed by atoms with Crippen molar-refractivity contribution in [3.05, 3.63) is 35.9 Å². The van der Waals surface area contributed by atoms with Gasteiger partial charge in [-0.3, -0.25) is 9.59 Å². The van der Waals surface area contributed by atoms with E-state index in [4.69, 9.17) is 5.73 Å². The zero-order valence-electron chi connectivity index (χ0n) is 15.9. The van der Waals surface area contributed by atoms with E-state index in [-0.39, 0.29) is 17.7 Å². The van der Waals surface area contributed by atoms with Crippen LogP contribution in [-0.4, -0.2) is 52.5 Å². The lowest BCUT2D eigenvalue weighted by molar-refractivity contribution is -0.149. The molecule has 2 rings (SSSR count). The van der Waals surface area contributed by atoms with Crippen LogP contribution in [0.2, 0.25) is 0 Å². The second-order valence-corrected chi connectivity index (χ2v) is 7.51. The summed E-state index contributed by atoms with van der Waals surface area (Å²) < 4.78 is 0. The molecule has 0 aromatic heterocycles. The predicted molar refractivity (Wildman–Crippen MR) is 102 cm³/mol. The first-order chi connectivity index (χ1) is 12.8. The van der Waals surface area contributed by atoms with Crippen molar-refractivity contribution < 1.29 is 19.5 Å². The zero-order chi connectivity index (χ0) is 20.0. The number of carboxylic acid groups (broad SMARTS) is 1. The Morgan fingerprint density at radius 1 is 1.26 bits per heavy atom. The number of nitrogens with one attached hydrogen (secondary N) is 1. The first-order valence-corrected chi connectivity index (χ1v) is 9.42. The lowest BCUT2D eigenvalue weighted by atomic mass is 10.0. The number of nitrogens with two attached hydrogens (primary N) is 1. The van der Waals surface area contributed by atoms with Crippen LogP contribution in [0.3, 0.4) is 0 Å². The number of carboxylic acids is 1. The van der Waals surface area contributed by atoms with Crippen molar-refractivity contribution in [3.63, 3.8) is 0 Å². The van der Waals surface area contributed by atoms with Crippen LogP contribution in [0.5, 0.6) is 0 Å². The van der Waals surface area contributed by atoms with Crippen LogP contribution in [0.15, 0.2) is 30.3 Å². The highest BCUT2D eigenvalue weighted by Gasteiger charge is 2.38. The van der Waals surface area contributed by atoms with E-state index < -0.39 is 24.1 Å². The number of amides is 2. The summed E-state index contributed by atoms with van der Waals surface area (Å²) in [5, 5.41) is 12.1. The summed E-state index contributed by atoms with van der Waals surface area (Å²) in [4.78, 5) is 38.4. The number of hydrogen-bond acceptors (Lipinski definition) is 4. The molecule has 1 aliphatic heterocycles. The molecular formula is C20H29N3O4. The zero-order valence-corrected chi connectivity index (χ0v) is 15.9. The number of rotatable bonds is 8. The summed E-state index contributed by atoms with van der Waals surface area (Å²) in [6.07, 6.45) is 1.88. The van der Waals surface area contributed by atoms with Gasteiger partial charge in [-0.2, -0.15) is 0 Å². The van der Waals surface area contributed by atoms with Crippen LogP contribution in [0, 0.1) is 5.92 Å². The van der Waals surface area contributed by atoms with E-state index in [0.717, 1.165) is 5.56 Å². The molecular weight excluding hydrogens is 346 g/mol. The molecule has 1 aromatic carbocycles.